The van der Waals surface area contributed by atoms with E-state index in [-0.39, 0.29) is 29.4 Å². The van der Waals surface area contributed by atoms with Gasteiger partial charge in [-0.15, -0.1) is 24.0 Å². The number of pyridine rings is 1. The highest BCUT2D eigenvalue weighted by Gasteiger charge is 2.19. The minimum absolute atomic E-state index is 0. The van der Waals surface area contributed by atoms with Crippen LogP contribution < -0.4 is 15.5 Å². The summed E-state index contributed by atoms with van der Waals surface area (Å²) >= 11 is 0. The number of aromatic nitrogens is 2. The molecule has 0 fully saturated rings. The Hall–Kier alpha value is -1.84. The van der Waals surface area contributed by atoms with Gasteiger partial charge in [-0.05, 0) is 25.5 Å². The van der Waals surface area contributed by atoms with E-state index in [1.807, 2.05) is 6.20 Å². The first-order valence-corrected chi connectivity index (χ1v) is 9.47. The molecule has 7 nitrogen and oxygen atoms in total. The summed E-state index contributed by atoms with van der Waals surface area (Å²) in [6.45, 7) is 13.6. The molecule has 0 spiro atoms. The van der Waals surface area contributed by atoms with Crippen LogP contribution in [0, 0.1) is 0 Å². The lowest BCUT2D eigenvalue weighted by atomic mass is 9.94. The first kappa shape index (κ1) is 24.2. The molecule has 156 valence electrons. The smallest absolute Gasteiger partial charge is 0.213 e. The van der Waals surface area contributed by atoms with Crippen molar-refractivity contribution in [2.24, 2.45) is 4.99 Å². The molecule has 0 atom stereocenters. The molecule has 0 bridgehead atoms. The largest absolute Gasteiger partial charge is 0.443 e. The van der Waals surface area contributed by atoms with Crippen molar-refractivity contribution < 1.29 is 4.42 Å². The van der Waals surface area contributed by atoms with Crippen LogP contribution in [0.2, 0.25) is 0 Å². The third-order valence-electron chi connectivity index (χ3n) is 4.28. The maximum absolute atomic E-state index is 5.79. The van der Waals surface area contributed by atoms with Crippen LogP contribution in [0.1, 0.15) is 51.8 Å². The molecule has 0 radical (unpaired) electrons. The normalized spacial score (nSPS) is 11.7. The van der Waals surface area contributed by atoms with Crippen molar-refractivity contribution in [3.8, 4) is 0 Å². The zero-order chi connectivity index (χ0) is 19.9. The fourth-order valence-corrected chi connectivity index (χ4v) is 2.56. The Morgan fingerprint density at radius 1 is 1.07 bits per heavy atom. The summed E-state index contributed by atoms with van der Waals surface area (Å²) < 4.78 is 5.79. The van der Waals surface area contributed by atoms with Gasteiger partial charge in [-0.25, -0.2) is 9.97 Å². The number of anilines is 1. The molecular weight excluding hydrogens is 467 g/mol. The Morgan fingerprint density at radius 2 is 1.75 bits per heavy atom. The molecule has 0 aliphatic rings. The van der Waals surface area contributed by atoms with Crippen molar-refractivity contribution in [3.63, 3.8) is 0 Å². The van der Waals surface area contributed by atoms with E-state index in [9.17, 15) is 0 Å². The number of halogens is 1. The lowest BCUT2D eigenvalue weighted by molar-refractivity contribution is 0.379. The Labute approximate surface area is 185 Å². The van der Waals surface area contributed by atoms with Gasteiger partial charge in [0.25, 0.3) is 0 Å². The van der Waals surface area contributed by atoms with Crippen LogP contribution in [0.5, 0.6) is 0 Å². The minimum atomic E-state index is -0.0462. The number of oxazole rings is 1. The predicted molar refractivity (Wildman–Crippen MR) is 125 cm³/mol. The van der Waals surface area contributed by atoms with E-state index in [2.05, 4.69) is 77.2 Å². The number of aliphatic imine (C=N–C) groups is 1. The predicted octanol–water partition coefficient (Wildman–Crippen LogP) is 3.70. The molecule has 0 unspecified atom stereocenters. The second kappa shape index (κ2) is 11.2. The number of hydrogen-bond donors (Lipinski definition) is 2. The SMILES string of the molecule is CCN(CC)c1ccc(CNC(=NC)NCc2ncc(C(C)(C)C)o2)cn1.I. The molecule has 0 aromatic carbocycles. The van der Waals surface area contributed by atoms with Crippen molar-refractivity contribution in [2.45, 2.75) is 53.1 Å². The highest BCUT2D eigenvalue weighted by molar-refractivity contribution is 14.0. The molecule has 0 saturated heterocycles. The van der Waals surface area contributed by atoms with E-state index in [1.54, 1.807) is 13.2 Å². The van der Waals surface area contributed by atoms with Crippen LogP contribution >= 0.6 is 24.0 Å². The van der Waals surface area contributed by atoms with Gasteiger partial charge < -0.3 is 20.0 Å². The van der Waals surface area contributed by atoms with Crippen LogP contribution in [0.3, 0.4) is 0 Å². The van der Waals surface area contributed by atoms with Gasteiger partial charge in [0.1, 0.15) is 11.6 Å². The van der Waals surface area contributed by atoms with Gasteiger partial charge in [0.2, 0.25) is 5.89 Å². The summed E-state index contributed by atoms with van der Waals surface area (Å²) in [5.74, 6) is 3.22. The van der Waals surface area contributed by atoms with Gasteiger partial charge in [0.05, 0.1) is 12.7 Å². The molecule has 28 heavy (non-hydrogen) atoms. The summed E-state index contributed by atoms with van der Waals surface area (Å²) in [6, 6.07) is 4.14. The topological polar surface area (TPSA) is 78.6 Å². The highest BCUT2D eigenvalue weighted by Crippen LogP contribution is 2.22. The quantitative estimate of drug-likeness (QED) is 0.343. The molecular formula is C20H33IN6O. The molecule has 0 saturated carbocycles. The fraction of sp³-hybridized carbons (Fsp3) is 0.550. The summed E-state index contributed by atoms with van der Waals surface area (Å²) in [5, 5.41) is 6.51. The van der Waals surface area contributed by atoms with Gasteiger partial charge in [0.15, 0.2) is 5.96 Å². The van der Waals surface area contributed by atoms with E-state index in [0.717, 1.165) is 30.2 Å². The van der Waals surface area contributed by atoms with E-state index in [4.69, 9.17) is 4.42 Å². The standard InChI is InChI=1S/C20H32N6O.HI/c1-7-26(8-2)17-10-9-15(11-22-17)12-24-19(21-6)25-14-18-23-13-16(27-18)20(3,4)5;/h9-11,13H,7-8,12,14H2,1-6H3,(H2,21,24,25);1H. The van der Waals surface area contributed by atoms with E-state index < -0.39 is 0 Å². The molecule has 8 heteroatoms. The zero-order valence-electron chi connectivity index (χ0n) is 17.7. The minimum Gasteiger partial charge on any atom is -0.443 e. The van der Waals surface area contributed by atoms with Crippen molar-refractivity contribution in [2.75, 3.05) is 25.0 Å². The van der Waals surface area contributed by atoms with E-state index in [1.165, 1.54) is 0 Å². The summed E-state index contributed by atoms with van der Waals surface area (Å²) in [4.78, 5) is 15.3. The van der Waals surface area contributed by atoms with Crippen molar-refractivity contribution in [1.29, 1.82) is 0 Å². The number of rotatable bonds is 7. The molecule has 0 aliphatic carbocycles. The third kappa shape index (κ3) is 6.96. The van der Waals surface area contributed by atoms with Gasteiger partial charge in [-0.3, -0.25) is 4.99 Å². The fourth-order valence-electron chi connectivity index (χ4n) is 2.56. The third-order valence-corrected chi connectivity index (χ3v) is 4.28. The first-order valence-electron chi connectivity index (χ1n) is 9.47. The summed E-state index contributed by atoms with van der Waals surface area (Å²) in [7, 11) is 1.74. The highest BCUT2D eigenvalue weighted by atomic mass is 127. The van der Waals surface area contributed by atoms with Crippen molar-refractivity contribution in [3.05, 3.63) is 41.7 Å². The monoisotopic (exact) mass is 500 g/mol. The Bertz CT molecular complexity index is 732. The average molecular weight is 500 g/mol. The molecule has 0 amide bonds. The van der Waals surface area contributed by atoms with Crippen LogP contribution in [0.25, 0.3) is 0 Å². The lowest BCUT2D eigenvalue weighted by Gasteiger charge is -2.19. The number of hydrogen-bond acceptors (Lipinski definition) is 5. The Morgan fingerprint density at radius 3 is 2.25 bits per heavy atom. The van der Waals surface area contributed by atoms with Crippen LogP contribution in [0.15, 0.2) is 33.9 Å². The first-order chi connectivity index (χ1) is 12.9. The maximum atomic E-state index is 5.79. The van der Waals surface area contributed by atoms with Crippen molar-refractivity contribution in [1.82, 2.24) is 20.6 Å². The maximum Gasteiger partial charge on any atom is 0.213 e. The van der Waals surface area contributed by atoms with Crippen LogP contribution in [0.4, 0.5) is 5.82 Å². The van der Waals surface area contributed by atoms with E-state index in [0.29, 0.717) is 24.9 Å². The molecule has 2 rings (SSSR count). The van der Waals surface area contributed by atoms with Gasteiger partial charge in [-0.2, -0.15) is 0 Å². The van der Waals surface area contributed by atoms with Gasteiger partial charge in [-0.1, -0.05) is 26.8 Å². The molecule has 2 aromatic heterocycles. The molecule has 2 N–H and O–H groups in total. The second-order valence-corrected chi connectivity index (χ2v) is 7.34. The Kier molecular flexibility index (Phi) is 9.71. The van der Waals surface area contributed by atoms with E-state index >= 15 is 0 Å². The van der Waals surface area contributed by atoms with Crippen molar-refractivity contribution >= 4 is 35.8 Å². The molecule has 0 aliphatic heterocycles. The number of nitrogens with zero attached hydrogens (tertiary/aromatic N) is 4. The number of nitrogens with one attached hydrogen (secondary N) is 2. The molecule has 2 heterocycles. The van der Waals surface area contributed by atoms with Gasteiger partial charge >= 0.3 is 0 Å². The molecule has 2 aromatic rings. The summed E-state index contributed by atoms with van der Waals surface area (Å²) in [5.41, 5.74) is 1.05. The summed E-state index contributed by atoms with van der Waals surface area (Å²) in [6.07, 6.45) is 3.69. The number of guanidine groups is 1. The van der Waals surface area contributed by atoms with Gasteiger partial charge in [0, 0.05) is 38.3 Å². The lowest BCUT2D eigenvalue weighted by Crippen LogP contribution is -2.36. The Balaban J connectivity index is 0.00000392. The average Bonchev–Trinajstić information content (AvgIpc) is 3.13. The van der Waals surface area contributed by atoms with Crippen LogP contribution in [-0.4, -0.2) is 36.1 Å². The van der Waals surface area contributed by atoms with Crippen LogP contribution in [-0.2, 0) is 18.5 Å². The zero-order valence-corrected chi connectivity index (χ0v) is 20.1. The second-order valence-electron chi connectivity index (χ2n) is 7.34.